The number of rotatable bonds is 6. The summed E-state index contributed by atoms with van der Waals surface area (Å²) in [6.45, 7) is 3.60. The number of carbonyl (C=O) groups excluding carboxylic acids is 1. The quantitative estimate of drug-likeness (QED) is 0.696. The van der Waals surface area contributed by atoms with Gasteiger partial charge in [0.1, 0.15) is 0 Å². The van der Waals surface area contributed by atoms with Gasteiger partial charge in [-0.25, -0.2) is 0 Å². The van der Waals surface area contributed by atoms with Crippen molar-refractivity contribution < 1.29 is 4.79 Å². The Labute approximate surface area is 91.8 Å². The average molecular weight is 210 g/mol. The van der Waals surface area contributed by atoms with Crippen molar-refractivity contribution in [2.24, 2.45) is 16.6 Å². The zero-order valence-corrected chi connectivity index (χ0v) is 9.64. The summed E-state index contributed by atoms with van der Waals surface area (Å²) in [6.07, 6.45) is 7.01. The van der Waals surface area contributed by atoms with Crippen molar-refractivity contribution in [1.29, 1.82) is 0 Å². The second-order valence-electron chi connectivity index (χ2n) is 5.42. The summed E-state index contributed by atoms with van der Waals surface area (Å²) in [4.78, 5) is 11.8. The highest BCUT2D eigenvalue weighted by Gasteiger charge is 2.49. The lowest BCUT2D eigenvalue weighted by molar-refractivity contribution is -0.126. The van der Waals surface area contributed by atoms with E-state index in [0.29, 0.717) is 12.0 Å². The van der Waals surface area contributed by atoms with Crippen LogP contribution in [-0.2, 0) is 4.79 Å². The number of nitrogens with two attached hydrogens (primary N) is 1. The molecule has 0 unspecified atom stereocenters. The molecule has 3 nitrogen and oxygen atoms in total. The molecule has 0 aromatic heterocycles. The molecule has 0 aromatic carbocycles. The normalized spacial score (nSPS) is 24.7. The fourth-order valence-electron chi connectivity index (χ4n) is 2.35. The molecule has 0 bridgehead atoms. The Kier molecular flexibility index (Phi) is 2.75. The maximum Gasteiger partial charge on any atom is 0.227 e. The van der Waals surface area contributed by atoms with Crippen LogP contribution in [0.1, 0.15) is 45.4 Å². The van der Waals surface area contributed by atoms with E-state index in [2.05, 4.69) is 12.2 Å². The van der Waals surface area contributed by atoms with Crippen molar-refractivity contribution in [3.05, 3.63) is 0 Å². The molecule has 1 amide bonds. The molecule has 0 atom stereocenters. The number of nitrogens with one attached hydrogen (secondary N) is 1. The SMILES string of the molecule is CCCC1(CNC(=O)C2(CN)CC2)CC1. The molecule has 3 heteroatoms. The number of carbonyl (C=O) groups is 1. The van der Waals surface area contributed by atoms with Gasteiger partial charge in [0.05, 0.1) is 5.41 Å². The Morgan fingerprint density at radius 3 is 2.40 bits per heavy atom. The van der Waals surface area contributed by atoms with E-state index in [0.717, 1.165) is 19.4 Å². The average Bonchev–Trinajstić information content (AvgIpc) is 3.12. The fraction of sp³-hybridized carbons (Fsp3) is 0.917. The fourth-order valence-corrected chi connectivity index (χ4v) is 2.35. The molecule has 2 rings (SSSR count). The van der Waals surface area contributed by atoms with E-state index in [1.807, 2.05) is 0 Å². The van der Waals surface area contributed by atoms with E-state index >= 15 is 0 Å². The molecule has 2 aliphatic carbocycles. The summed E-state index contributed by atoms with van der Waals surface area (Å²) >= 11 is 0. The first-order chi connectivity index (χ1) is 7.16. The standard InChI is InChI=1S/C12H22N2O/c1-2-3-11(4-5-11)9-14-10(15)12(8-13)6-7-12/h2-9,13H2,1H3,(H,14,15). The van der Waals surface area contributed by atoms with Gasteiger partial charge in [-0.1, -0.05) is 13.3 Å². The van der Waals surface area contributed by atoms with Gasteiger partial charge in [-0.2, -0.15) is 0 Å². The van der Waals surface area contributed by atoms with Crippen LogP contribution >= 0.6 is 0 Å². The van der Waals surface area contributed by atoms with Crippen molar-refractivity contribution >= 4 is 5.91 Å². The molecule has 0 heterocycles. The van der Waals surface area contributed by atoms with Crippen LogP contribution in [0.15, 0.2) is 0 Å². The first-order valence-electron chi connectivity index (χ1n) is 6.15. The summed E-state index contributed by atoms with van der Waals surface area (Å²) in [6, 6.07) is 0. The van der Waals surface area contributed by atoms with E-state index in [1.54, 1.807) is 0 Å². The highest BCUT2D eigenvalue weighted by molar-refractivity contribution is 5.85. The molecule has 0 radical (unpaired) electrons. The van der Waals surface area contributed by atoms with E-state index in [-0.39, 0.29) is 11.3 Å². The van der Waals surface area contributed by atoms with Crippen molar-refractivity contribution in [1.82, 2.24) is 5.32 Å². The van der Waals surface area contributed by atoms with Gasteiger partial charge in [0.25, 0.3) is 0 Å². The summed E-state index contributed by atoms with van der Waals surface area (Å²) in [5.74, 6) is 0.201. The molecule has 0 saturated heterocycles. The highest BCUT2D eigenvalue weighted by atomic mass is 16.2. The van der Waals surface area contributed by atoms with Crippen LogP contribution in [0.4, 0.5) is 0 Å². The van der Waals surface area contributed by atoms with Crippen LogP contribution in [0.25, 0.3) is 0 Å². The predicted octanol–water partition coefficient (Wildman–Crippen LogP) is 1.42. The third-order valence-corrected chi connectivity index (χ3v) is 4.09. The Balaban J connectivity index is 1.76. The van der Waals surface area contributed by atoms with Gasteiger partial charge >= 0.3 is 0 Å². The number of hydrogen-bond acceptors (Lipinski definition) is 2. The molecule has 0 aromatic rings. The molecule has 0 spiro atoms. The topological polar surface area (TPSA) is 55.1 Å². The summed E-state index contributed by atoms with van der Waals surface area (Å²) in [7, 11) is 0. The highest BCUT2D eigenvalue weighted by Crippen LogP contribution is 2.50. The van der Waals surface area contributed by atoms with Crippen molar-refractivity contribution in [2.75, 3.05) is 13.1 Å². The molecule has 3 N–H and O–H groups in total. The van der Waals surface area contributed by atoms with E-state index in [9.17, 15) is 4.79 Å². The predicted molar refractivity (Wildman–Crippen MR) is 60.3 cm³/mol. The first kappa shape index (κ1) is 10.9. The lowest BCUT2D eigenvalue weighted by atomic mass is 10.00. The zero-order chi connectivity index (χ0) is 10.9. The molecular formula is C12H22N2O. The van der Waals surface area contributed by atoms with Gasteiger partial charge in [-0.05, 0) is 37.5 Å². The number of hydrogen-bond donors (Lipinski definition) is 2. The Morgan fingerprint density at radius 2 is 2.00 bits per heavy atom. The Hall–Kier alpha value is -0.570. The summed E-state index contributed by atoms with van der Waals surface area (Å²) < 4.78 is 0. The monoisotopic (exact) mass is 210 g/mol. The smallest absolute Gasteiger partial charge is 0.227 e. The van der Waals surface area contributed by atoms with Crippen LogP contribution in [0, 0.1) is 10.8 Å². The van der Waals surface area contributed by atoms with Crippen LogP contribution in [0.5, 0.6) is 0 Å². The molecule has 86 valence electrons. The number of amides is 1. The molecule has 15 heavy (non-hydrogen) atoms. The maximum absolute atomic E-state index is 11.8. The Bertz CT molecular complexity index is 254. The molecule has 0 aliphatic heterocycles. The van der Waals surface area contributed by atoms with Gasteiger partial charge < -0.3 is 11.1 Å². The van der Waals surface area contributed by atoms with Crippen molar-refractivity contribution in [2.45, 2.75) is 45.4 Å². The third-order valence-electron chi connectivity index (χ3n) is 4.09. The van der Waals surface area contributed by atoms with Gasteiger partial charge in [0.15, 0.2) is 0 Å². The van der Waals surface area contributed by atoms with Crippen LogP contribution in [0.2, 0.25) is 0 Å². The van der Waals surface area contributed by atoms with Crippen LogP contribution < -0.4 is 11.1 Å². The zero-order valence-electron chi connectivity index (χ0n) is 9.64. The lowest BCUT2D eigenvalue weighted by Gasteiger charge is -2.18. The van der Waals surface area contributed by atoms with Crippen LogP contribution in [-0.4, -0.2) is 19.0 Å². The largest absolute Gasteiger partial charge is 0.355 e. The van der Waals surface area contributed by atoms with E-state index in [1.165, 1.54) is 25.7 Å². The first-order valence-corrected chi connectivity index (χ1v) is 6.15. The van der Waals surface area contributed by atoms with Gasteiger partial charge in [0, 0.05) is 13.1 Å². The third kappa shape index (κ3) is 2.17. The summed E-state index contributed by atoms with van der Waals surface area (Å²) in [5, 5.41) is 3.10. The summed E-state index contributed by atoms with van der Waals surface area (Å²) in [5.41, 5.74) is 5.90. The molecule has 2 saturated carbocycles. The minimum Gasteiger partial charge on any atom is -0.355 e. The van der Waals surface area contributed by atoms with Crippen LogP contribution in [0.3, 0.4) is 0 Å². The van der Waals surface area contributed by atoms with E-state index < -0.39 is 0 Å². The minimum atomic E-state index is -0.178. The second-order valence-corrected chi connectivity index (χ2v) is 5.42. The van der Waals surface area contributed by atoms with Gasteiger partial charge in [-0.3, -0.25) is 4.79 Å². The van der Waals surface area contributed by atoms with Crippen molar-refractivity contribution in [3.63, 3.8) is 0 Å². The minimum absolute atomic E-state index is 0.178. The second kappa shape index (κ2) is 3.78. The molecule has 2 fully saturated rings. The van der Waals surface area contributed by atoms with Gasteiger partial charge in [-0.15, -0.1) is 0 Å². The van der Waals surface area contributed by atoms with Crippen molar-refractivity contribution in [3.8, 4) is 0 Å². The lowest BCUT2D eigenvalue weighted by Crippen LogP contribution is -2.39. The molecular weight excluding hydrogens is 188 g/mol. The van der Waals surface area contributed by atoms with Gasteiger partial charge in [0.2, 0.25) is 5.91 Å². The Morgan fingerprint density at radius 1 is 1.33 bits per heavy atom. The molecule has 2 aliphatic rings. The van der Waals surface area contributed by atoms with E-state index in [4.69, 9.17) is 5.73 Å². The maximum atomic E-state index is 11.8.